The van der Waals surface area contributed by atoms with Crippen LogP contribution in [0.3, 0.4) is 0 Å². The van der Waals surface area contributed by atoms with Gasteiger partial charge in [-0.25, -0.2) is 5.84 Å². The average molecular weight is 278 g/mol. The van der Waals surface area contributed by atoms with Crippen LogP contribution in [0.15, 0.2) is 18.2 Å². The molecule has 20 heavy (non-hydrogen) atoms. The normalized spacial score (nSPS) is 16.0. The van der Waals surface area contributed by atoms with E-state index in [0.29, 0.717) is 0 Å². The first kappa shape index (κ1) is 14.3. The molecule has 1 fully saturated rings. The maximum Gasteiger partial charge on any atom is 0.269 e. The Morgan fingerprint density at radius 1 is 1.45 bits per heavy atom. The molecule has 0 aliphatic carbocycles. The lowest BCUT2D eigenvalue weighted by Gasteiger charge is -2.33. The number of nitrogens with two attached hydrogens (primary N) is 1. The van der Waals surface area contributed by atoms with Crippen LogP contribution in [-0.4, -0.2) is 23.9 Å². The lowest BCUT2D eigenvalue weighted by atomic mass is 9.95. The molecule has 1 saturated heterocycles. The maximum atomic E-state index is 11.5. The number of anilines is 1. The molecule has 1 aromatic rings. The second-order valence-electron chi connectivity index (χ2n) is 5.00. The van der Waals surface area contributed by atoms with Gasteiger partial charge in [0, 0.05) is 36.8 Å². The van der Waals surface area contributed by atoms with E-state index in [9.17, 15) is 14.9 Å². The van der Waals surface area contributed by atoms with Crippen molar-refractivity contribution in [1.82, 2.24) is 5.43 Å². The highest BCUT2D eigenvalue weighted by molar-refractivity contribution is 5.78. The number of aryl methyl sites for hydroxylation is 1. The average Bonchev–Trinajstić information content (AvgIpc) is 2.46. The number of nitro benzene ring substituents is 1. The zero-order valence-electron chi connectivity index (χ0n) is 11.3. The van der Waals surface area contributed by atoms with Crippen LogP contribution in [0.25, 0.3) is 0 Å². The Balaban J connectivity index is 2.07. The summed E-state index contributed by atoms with van der Waals surface area (Å²) in [6.07, 6.45) is 1.47. The Morgan fingerprint density at radius 3 is 2.60 bits per heavy atom. The molecule has 7 heteroatoms. The highest BCUT2D eigenvalue weighted by atomic mass is 16.6. The van der Waals surface area contributed by atoms with E-state index < -0.39 is 4.92 Å². The SMILES string of the molecule is Cc1cc([N+](=O)[O-])ccc1N1CCC(C(=O)NN)CC1. The lowest BCUT2D eigenvalue weighted by molar-refractivity contribution is -0.384. The summed E-state index contributed by atoms with van der Waals surface area (Å²) < 4.78 is 0. The van der Waals surface area contributed by atoms with Crippen molar-refractivity contribution < 1.29 is 9.72 Å². The Kier molecular flexibility index (Phi) is 4.19. The first-order valence-electron chi connectivity index (χ1n) is 6.53. The molecule has 1 aliphatic rings. The van der Waals surface area contributed by atoms with Crippen LogP contribution in [0.5, 0.6) is 0 Å². The first-order chi connectivity index (χ1) is 9.52. The standard InChI is InChI=1S/C13H18N4O3/c1-9-8-11(17(19)20)2-3-12(9)16-6-4-10(5-7-16)13(18)15-14/h2-3,8,10H,4-7,14H2,1H3,(H,15,18). The van der Waals surface area contributed by atoms with Crippen molar-refractivity contribution >= 4 is 17.3 Å². The lowest BCUT2D eigenvalue weighted by Crippen LogP contribution is -2.42. The molecule has 2 rings (SSSR count). The molecule has 7 nitrogen and oxygen atoms in total. The van der Waals surface area contributed by atoms with Crippen molar-refractivity contribution in [2.45, 2.75) is 19.8 Å². The summed E-state index contributed by atoms with van der Waals surface area (Å²) in [5.74, 6) is 4.97. The number of nitrogens with zero attached hydrogens (tertiary/aromatic N) is 2. The zero-order valence-corrected chi connectivity index (χ0v) is 11.3. The monoisotopic (exact) mass is 278 g/mol. The third-order valence-electron chi connectivity index (χ3n) is 3.74. The van der Waals surface area contributed by atoms with Crippen molar-refractivity contribution in [3.8, 4) is 0 Å². The highest BCUT2D eigenvalue weighted by Gasteiger charge is 2.25. The molecule has 0 aromatic heterocycles. The molecule has 0 radical (unpaired) electrons. The number of hydrogen-bond donors (Lipinski definition) is 2. The van der Waals surface area contributed by atoms with E-state index in [1.165, 1.54) is 6.07 Å². The van der Waals surface area contributed by atoms with Gasteiger partial charge in [-0.15, -0.1) is 0 Å². The Labute approximate surface area is 116 Å². The van der Waals surface area contributed by atoms with E-state index in [4.69, 9.17) is 5.84 Å². The van der Waals surface area contributed by atoms with Crippen molar-refractivity contribution in [2.75, 3.05) is 18.0 Å². The molecule has 0 atom stereocenters. The molecule has 0 saturated carbocycles. The van der Waals surface area contributed by atoms with Crippen LogP contribution < -0.4 is 16.2 Å². The molecule has 1 heterocycles. The maximum absolute atomic E-state index is 11.5. The fourth-order valence-corrected chi connectivity index (χ4v) is 2.61. The largest absolute Gasteiger partial charge is 0.371 e. The van der Waals surface area contributed by atoms with Gasteiger partial charge in [0.05, 0.1) is 4.92 Å². The minimum Gasteiger partial charge on any atom is -0.371 e. The second-order valence-corrected chi connectivity index (χ2v) is 5.00. The summed E-state index contributed by atoms with van der Waals surface area (Å²) in [5, 5.41) is 10.7. The van der Waals surface area contributed by atoms with Gasteiger partial charge in [0.2, 0.25) is 5.91 Å². The molecule has 1 aromatic carbocycles. The number of amides is 1. The number of hydrazine groups is 1. The van der Waals surface area contributed by atoms with Gasteiger partial charge >= 0.3 is 0 Å². The van der Waals surface area contributed by atoms with Crippen molar-refractivity contribution in [2.24, 2.45) is 11.8 Å². The number of nitro groups is 1. The van der Waals surface area contributed by atoms with Crippen molar-refractivity contribution in [3.05, 3.63) is 33.9 Å². The summed E-state index contributed by atoms with van der Waals surface area (Å²) >= 11 is 0. The predicted molar refractivity (Wildman–Crippen MR) is 75.1 cm³/mol. The summed E-state index contributed by atoms with van der Waals surface area (Å²) in [5.41, 5.74) is 4.15. The molecule has 0 unspecified atom stereocenters. The minimum absolute atomic E-state index is 0.0467. The Bertz CT molecular complexity index is 524. The number of benzene rings is 1. The van der Waals surface area contributed by atoms with Crippen LogP contribution >= 0.6 is 0 Å². The predicted octanol–water partition coefficient (Wildman–Crippen LogP) is 1.11. The fourth-order valence-electron chi connectivity index (χ4n) is 2.61. The number of carbonyl (C=O) groups is 1. The number of piperidine rings is 1. The van der Waals surface area contributed by atoms with E-state index in [2.05, 4.69) is 10.3 Å². The van der Waals surface area contributed by atoms with Gasteiger partial charge in [-0.2, -0.15) is 0 Å². The van der Waals surface area contributed by atoms with Gasteiger partial charge in [-0.05, 0) is 31.4 Å². The van der Waals surface area contributed by atoms with Crippen molar-refractivity contribution in [3.63, 3.8) is 0 Å². The summed E-state index contributed by atoms with van der Waals surface area (Å²) in [6, 6.07) is 4.87. The smallest absolute Gasteiger partial charge is 0.269 e. The number of non-ortho nitro benzene ring substituents is 1. The molecule has 0 spiro atoms. The summed E-state index contributed by atoms with van der Waals surface area (Å²) in [7, 11) is 0. The molecule has 3 N–H and O–H groups in total. The zero-order chi connectivity index (χ0) is 14.7. The third-order valence-corrected chi connectivity index (χ3v) is 3.74. The first-order valence-corrected chi connectivity index (χ1v) is 6.53. The minimum atomic E-state index is -0.394. The molecule has 1 aliphatic heterocycles. The molecule has 0 bridgehead atoms. The molecular formula is C13H18N4O3. The number of carbonyl (C=O) groups excluding carboxylic acids is 1. The quantitative estimate of drug-likeness (QED) is 0.373. The van der Waals surface area contributed by atoms with Crippen LogP contribution in [0, 0.1) is 23.0 Å². The van der Waals surface area contributed by atoms with Crippen LogP contribution in [0.4, 0.5) is 11.4 Å². The fraction of sp³-hybridized carbons (Fsp3) is 0.462. The van der Waals surface area contributed by atoms with Gasteiger partial charge in [0.15, 0.2) is 0 Å². The van der Waals surface area contributed by atoms with Crippen LogP contribution in [0.1, 0.15) is 18.4 Å². The van der Waals surface area contributed by atoms with Gasteiger partial charge in [0.1, 0.15) is 0 Å². The van der Waals surface area contributed by atoms with Crippen LogP contribution in [0.2, 0.25) is 0 Å². The van der Waals surface area contributed by atoms with E-state index in [0.717, 1.165) is 37.2 Å². The summed E-state index contributed by atoms with van der Waals surface area (Å²) in [4.78, 5) is 24.0. The highest BCUT2D eigenvalue weighted by Crippen LogP contribution is 2.28. The molecule has 1 amide bonds. The van der Waals surface area contributed by atoms with Gasteiger partial charge in [0.25, 0.3) is 5.69 Å². The molecular weight excluding hydrogens is 260 g/mol. The van der Waals surface area contributed by atoms with E-state index >= 15 is 0 Å². The Hall–Kier alpha value is -2.15. The van der Waals surface area contributed by atoms with Crippen LogP contribution in [-0.2, 0) is 4.79 Å². The van der Waals surface area contributed by atoms with E-state index in [-0.39, 0.29) is 17.5 Å². The Morgan fingerprint density at radius 2 is 2.10 bits per heavy atom. The number of rotatable bonds is 3. The van der Waals surface area contributed by atoms with E-state index in [1.807, 2.05) is 6.92 Å². The third kappa shape index (κ3) is 2.88. The van der Waals surface area contributed by atoms with E-state index in [1.54, 1.807) is 12.1 Å². The van der Waals surface area contributed by atoms with Gasteiger partial charge in [-0.3, -0.25) is 20.3 Å². The van der Waals surface area contributed by atoms with Crippen molar-refractivity contribution in [1.29, 1.82) is 0 Å². The number of hydrogen-bond acceptors (Lipinski definition) is 5. The van der Waals surface area contributed by atoms with Gasteiger partial charge < -0.3 is 4.90 Å². The topological polar surface area (TPSA) is 102 Å². The number of nitrogens with one attached hydrogen (secondary N) is 1. The second kappa shape index (κ2) is 5.87. The molecule has 108 valence electrons. The summed E-state index contributed by atoms with van der Waals surface area (Å²) in [6.45, 7) is 3.36. The van der Waals surface area contributed by atoms with Gasteiger partial charge in [-0.1, -0.05) is 0 Å².